The quantitative estimate of drug-likeness (QED) is 0.136. The predicted octanol–water partition coefficient (Wildman–Crippen LogP) is 3.17. The van der Waals surface area contributed by atoms with Crippen molar-refractivity contribution in [3.63, 3.8) is 0 Å². The van der Waals surface area contributed by atoms with Crippen LogP contribution in [0.3, 0.4) is 0 Å². The van der Waals surface area contributed by atoms with Crippen molar-refractivity contribution in [3.05, 3.63) is 19.1 Å². The van der Waals surface area contributed by atoms with E-state index in [2.05, 4.69) is 18.2 Å². The van der Waals surface area contributed by atoms with Crippen LogP contribution < -0.4 is 0 Å². The van der Waals surface area contributed by atoms with Crippen molar-refractivity contribution in [2.45, 2.75) is 52.7 Å². The Hall–Kier alpha value is -0.773. The summed E-state index contributed by atoms with van der Waals surface area (Å²) in [4.78, 5) is 10.6. The maximum atomic E-state index is 10.6. The van der Waals surface area contributed by atoms with Crippen LogP contribution in [0.1, 0.15) is 40.5 Å². The number of carbonyl (C=O) groups is 1. The molecule has 1 aliphatic rings. The number of esters is 1. The fourth-order valence-corrected chi connectivity index (χ4v) is 4.64. The monoisotopic (exact) mass is 405 g/mol. The molecule has 1 saturated heterocycles. The molecule has 0 saturated carbocycles. The Labute approximate surface area is 165 Å². The summed E-state index contributed by atoms with van der Waals surface area (Å²) in [5.74, 6) is -0.335. The van der Waals surface area contributed by atoms with E-state index in [9.17, 15) is 4.79 Å². The van der Waals surface area contributed by atoms with Gasteiger partial charge in [0.25, 0.3) is 0 Å². The summed E-state index contributed by atoms with van der Waals surface area (Å²) in [6, 6.07) is 0.814. The summed E-state index contributed by atoms with van der Waals surface area (Å²) in [7, 11) is -2.47. The zero-order valence-corrected chi connectivity index (χ0v) is 18.4. The molecule has 1 atom stereocenters. The molecular weight excluding hydrogens is 368 g/mol. The lowest BCUT2D eigenvalue weighted by molar-refractivity contribution is -0.138. The van der Waals surface area contributed by atoms with E-state index in [1.165, 1.54) is 0 Å². The number of hydrogen-bond donors (Lipinski definition) is 0. The lowest BCUT2D eigenvalue weighted by Crippen LogP contribution is -2.46. The Bertz CT molecular complexity index is 382. The van der Waals surface area contributed by atoms with Gasteiger partial charge >= 0.3 is 14.8 Å². The van der Waals surface area contributed by atoms with Crippen molar-refractivity contribution >= 4 is 14.8 Å². The van der Waals surface area contributed by atoms with Crippen LogP contribution in [0, 0.1) is 6.92 Å². The molecule has 1 unspecified atom stereocenters. The topological polar surface area (TPSA) is 75.8 Å². The fourth-order valence-electron chi connectivity index (χ4n) is 2.06. The smallest absolute Gasteiger partial charge is 0.462 e. The maximum absolute atomic E-state index is 10.6. The molecule has 0 aliphatic carbocycles. The minimum Gasteiger partial charge on any atom is -0.462 e. The van der Waals surface area contributed by atoms with Gasteiger partial charge in [-0.3, -0.25) is 0 Å². The molecule has 0 aromatic carbocycles. The third kappa shape index (κ3) is 14.0. The highest BCUT2D eigenvalue weighted by molar-refractivity contribution is 6.60. The standard InChI is InChI=1S/C12H26O5Si.C7H11O2/c1-4-15-18(16-5-2,17-6-3)9-7-8-13-10-12-11-14-12;1-4-5-9-7(8)6(2)3/h12H,4-11H2,1-3H3;1-2,4-5H2,3H3. The second-order valence-electron chi connectivity index (χ2n) is 5.89. The molecule has 1 heterocycles. The third-order valence-electron chi connectivity index (χ3n) is 3.30. The normalized spacial score (nSPS) is 15.7. The first kappa shape index (κ1) is 26.2. The van der Waals surface area contributed by atoms with E-state index >= 15 is 0 Å². The Balaban J connectivity index is 0.000000636. The van der Waals surface area contributed by atoms with Crippen molar-refractivity contribution < 1.29 is 32.3 Å². The molecule has 1 aliphatic heterocycles. The molecule has 0 aromatic heterocycles. The first-order valence-electron chi connectivity index (χ1n) is 9.67. The highest BCUT2D eigenvalue weighted by Crippen LogP contribution is 2.18. The second kappa shape index (κ2) is 16.2. The van der Waals surface area contributed by atoms with E-state index in [-0.39, 0.29) is 5.97 Å². The average Bonchev–Trinajstić information content (AvgIpc) is 3.45. The van der Waals surface area contributed by atoms with Crippen molar-refractivity contribution in [1.82, 2.24) is 0 Å². The molecule has 7 nitrogen and oxygen atoms in total. The van der Waals surface area contributed by atoms with E-state index in [4.69, 9.17) is 22.8 Å². The van der Waals surface area contributed by atoms with Crippen molar-refractivity contribution in [2.75, 3.05) is 46.2 Å². The van der Waals surface area contributed by atoms with Crippen LogP contribution in [-0.2, 0) is 32.3 Å². The maximum Gasteiger partial charge on any atom is 0.501 e. The van der Waals surface area contributed by atoms with Crippen LogP contribution in [0.25, 0.3) is 0 Å². The second-order valence-corrected chi connectivity index (χ2v) is 8.62. The summed E-state index contributed by atoms with van der Waals surface area (Å²) >= 11 is 0. The van der Waals surface area contributed by atoms with Gasteiger partial charge in [-0.15, -0.1) is 0 Å². The van der Waals surface area contributed by atoms with Crippen molar-refractivity contribution in [2.24, 2.45) is 0 Å². The molecule has 8 heteroatoms. The van der Waals surface area contributed by atoms with Crippen LogP contribution in [0.2, 0.25) is 6.04 Å². The molecule has 1 rings (SSSR count). The number of rotatable bonds is 15. The average molecular weight is 406 g/mol. The lowest BCUT2D eigenvalue weighted by atomic mass is 10.4. The Morgan fingerprint density at radius 1 is 1.11 bits per heavy atom. The van der Waals surface area contributed by atoms with Gasteiger partial charge in [0.2, 0.25) is 0 Å². The molecule has 27 heavy (non-hydrogen) atoms. The van der Waals surface area contributed by atoms with Gasteiger partial charge in [-0.1, -0.05) is 6.58 Å². The van der Waals surface area contributed by atoms with E-state index < -0.39 is 8.80 Å². The fraction of sp³-hybridized carbons (Fsp3) is 0.789. The molecule has 1 fully saturated rings. The van der Waals surface area contributed by atoms with E-state index in [1.54, 1.807) is 6.92 Å². The minimum absolute atomic E-state index is 0.331. The molecule has 0 bridgehead atoms. The van der Waals surface area contributed by atoms with E-state index in [0.717, 1.165) is 19.1 Å². The predicted molar refractivity (Wildman–Crippen MR) is 106 cm³/mol. The molecule has 1 radical (unpaired) electrons. The Kier molecular flexibility index (Phi) is 15.7. The van der Waals surface area contributed by atoms with Crippen LogP contribution >= 0.6 is 0 Å². The van der Waals surface area contributed by atoms with Gasteiger partial charge in [-0.05, 0) is 47.5 Å². The number of ether oxygens (including phenoxy) is 3. The van der Waals surface area contributed by atoms with Gasteiger partial charge in [0, 0.05) is 38.0 Å². The van der Waals surface area contributed by atoms with Gasteiger partial charge in [0.05, 0.1) is 19.8 Å². The zero-order chi connectivity index (χ0) is 20.5. The summed E-state index contributed by atoms with van der Waals surface area (Å²) in [6.45, 7) is 19.0. The van der Waals surface area contributed by atoms with Crippen LogP contribution in [0.15, 0.2) is 12.2 Å². The SMILES string of the molecule is CCO[Si](CCCOCC1CO1)(OCC)OCC.[CH2]CCOC(=O)C(=C)C. The highest BCUT2D eigenvalue weighted by Gasteiger charge is 2.39. The number of hydrogen-bond acceptors (Lipinski definition) is 7. The summed E-state index contributed by atoms with van der Waals surface area (Å²) in [5, 5.41) is 0. The minimum atomic E-state index is -2.47. The van der Waals surface area contributed by atoms with Gasteiger partial charge in [0.15, 0.2) is 0 Å². The van der Waals surface area contributed by atoms with Crippen molar-refractivity contribution in [3.8, 4) is 0 Å². The number of epoxide rings is 1. The highest BCUT2D eigenvalue weighted by atomic mass is 28.4. The van der Waals surface area contributed by atoms with Crippen LogP contribution in [0.4, 0.5) is 0 Å². The molecule has 159 valence electrons. The van der Waals surface area contributed by atoms with E-state index in [0.29, 0.717) is 57.7 Å². The Morgan fingerprint density at radius 3 is 2.07 bits per heavy atom. The van der Waals surface area contributed by atoms with Gasteiger partial charge < -0.3 is 27.5 Å². The number of carbonyl (C=O) groups excluding carboxylic acids is 1. The van der Waals surface area contributed by atoms with Crippen LogP contribution in [0.5, 0.6) is 0 Å². The molecular formula is C19H37O7Si. The van der Waals surface area contributed by atoms with E-state index in [1.807, 2.05) is 20.8 Å². The molecule has 0 aromatic rings. The summed E-state index contributed by atoms with van der Waals surface area (Å²) in [6.07, 6.45) is 1.84. The van der Waals surface area contributed by atoms with Gasteiger partial charge in [0.1, 0.15) is 6.10 Å². The Morgan fingerprint density at radius 2 is 1.67 bits per heavy atom. The van der Waals surface area contributed by atoms with Gasteiger partial charge in [-0.25, -0.2) is 4.79 Å². The molecule has 0 amide bonds. The van der Waals surface area contributed by atoms with Crippen LogP contribution in [-0.4, -0.2) is 67.1 Å². The lowest BCUT2D eigenvalue weighted by Gasteiger charge is -2.28. The molecule has 0 N–H and O–H groups in total. The third-order valence-corrected chi connectivity index (χ3v) is 6.45. The molecule has 0 spiro atoms. The van der Waals surface area contributed by atoms with Crippen molar-refractivity contribution in [1.29, 1.82) is 0 Å². The first-order valence-corrected chi connectivity index (χ1v) is 11.6. The van der Waals surface area contributed by atoms with Gasteiger partial charge in [-0.2, -0.15) is 0 Å². The first-order chi connectivity index (χ1) is 12.9. The largest absolute Gasteiger partial charge is 0.501 e. The summed E-state index contributed by atoms with van der Waals surface area (Å²) in [5.41, 5.74) is 0.434. The summed E-state index contributed by atoms with van der Waals surface area (Å²) < 4.78 is 32.5. The zero-order valence-electron chi connectivity index (χ0n) is 17.4.